The molecule has 0 radical (unpaired) electrons. The lowest BCUT2D eigenvalue weighted by Gasteiger charge is -2.19. The molecule has 0 saturated heterocycles. The molecule has 0 heterocycles. The Kier molecular flexibility index (Phi) is 6.29. The van der Waals surface area contributed by atoms with Crippen molar-refractivity contribution in [3.05, 3.63) is 40.9 Å². The monoisotopic (exact) mass is 295 g/mol. The zero-order valence-corrected chi connectivity index (χ0v) is 13.1. The van der Waals surface area contributed by atoms with Crippen LogP contribution in [0.2, 0.25) is 5.02 Å². The molecule has 19 heavy (non-hydrogen) atoms. The molecule has 0 saturated carbocycles. The Morgan fingerprint density at radius 3 is 2.74 bits per heavy atom. The lowest BCUT2D eigenvalue weighted by Crippen LogP contribution is -2.29. The third kappa shape index (κ3) is 4.87. The molecule has 0 aliphatic heterocycles. The van der Waals surface area contributed by atoms with Crippen molar-refractivity contribution in [2.75, 3.05) is 12.8 Å². The maximum atomic E-state index is 5.91. The van der Waals surface area contributed by atoms with Crippen molar-refractivity contribution in [1.29, 1.82) is 0 Å². The standard InChI is InChI=1S/C16H22ClNS/c1-18-16(13-6-4-2-3-5-7-13)12-19-15-10-8-14(17)9-11-15/h6,8-11,16,18H,2-5,7,12H2,1H3. The number of thioether (sulfide) groups is 1. The quantitative estimate of drug-likeness (QED) is 0.612. The van der Waals surface area contributed by atoms with Gasteiger partial charge < -0.3 is 5.32 Å². The fourth-order valence-electron chi connectivity index (χ4n) is 2.44. The SMILES string of the molecule is CNC(CSc1ccc(Cl)cc1)C1=CCCCCC1. The molecule has 2 rings (SSSR count). The van der Waals surface area contributed by atoms with Gasteiger partial charge in [-0.25, -0.2) is 0 Å². The van der Waals surface area contributed by atoms with E-state index < -0.39 is 0 Å². The number of hydrogen-bond acceptors (Lipinski definition) is 2. The molecule has 0 amide bonds. The average molecular weight is 296 g/mol. The fraction of sp³-hybridized carbons (Fsp3) is 0.500. The molecule has 1 aliphatic carbocycles. The van der Waals surface area contributed by atoms with Gasteiger partial charge in [-0.15, -0.1) is 11.8 Å². The summed E-state index contributed by atoms with van der Waals surface area (Å²) in [5.41, 5.74) is 1.60. The second kappa shape index (κ2) is 7.98. The van der Waals surface area contributed by atoms with Crippen LogP contribution >= 0.6 is 23.4 Å². The molecule has 1 atom stereocenters. The summed E-state index contributed by atoms with van der Waals surface area (Å²) >= 11 is 7.81. The van der Waals surface area contributed by atoms with Crippen LogP contribution in [0.25, 0.3) is 0 Å². The summed E-state index contributed by atoms with van der Waals surface area (Å²) in [6.07, 6.45) is 9.03. The van der Waals surface area contributed by atoms with E-state index in [4.69, 9.17) is 11.6 Å². The third-order valence-corrected chi connectivity index (χ3v) is 4.96. The van der Waals surface area contributed by atoms with Crippen LogP contribution in [0.15, 0.2) is 40.8 Å². The Hall–Kier alpha value is -0.440. The van der Waals surface area contributed by atoms with Gasteiger partial charge in [0.15, 0.2) is 0 Å². The number of allylic oxidation sites excluding steroid dienone is 1. The molecule has 1 unspecified atom stereocenters. The van der Waals surface area contributed by atoms with Gasteiger partial charge in [-0.3, -0.25) is 0 Å². The minimum Gasteiger partial charge on any atom is -0.313 e. The highest BCUT2D eigenvalue weighted by Gasteiger charge is 2.14. The van der Waals surface area contributed by atoms with E-state index in [2.05, 4.69) is 30.6 Å². The highest BCUT2D eigenvalue weighted by Crippen LogP contribution is 2.26. The van der Waals surface area contributed by atoms with Crippen LogP contribution in [0.5, 0.6) is 0 Å². The lowest BCUT2D eigenvalue weighted by molar-refractivity contribution is 0.645. The Balaban J connectivity index is 1.91. The zero-order valence-electron chi connectivity index (χ0n) is 11.5. The van der Waals surface area contributed by atoms with Crippen molar-refractivity contribution in [1.82, 2.24) is 5.32 Å². The molecule has 1 aromatic rings. The molecule has 0 bridgehead atoms. The van der Waals surface area contributed by atoms with Gasteiger partial charge in [-0.2, -0.15) is 0 Å². The average Bonchev–Trinajstić information content (AvgIpc) is 2.71. The Morgan fingerprint density at radius 1 is 1.21 bits per heavy atom. The van der Waals surface area contributed by atoms with Crippen LogP contribution < -0.4 is 5.32 Å². The molecule has 1 nitrogen and oxygen atoms in total. The maximum absolute atomic E-state index is 5.91. The van der Waals surface area contributed by atoms with Crippen LogP contribution in [-0.2, 0) is 0 Å². The van der Waals surface area contributed by atoms with E-state index in [1.165, 1.54) is 37.0 Å². The number of rotatable bonds is 5. The van der Waals surface area contributed by atoms with Crippen LogP contribution in [0.1, 0.15) is 32.1 Å². The zero-order chi connectivity index (χ0) is 13.5. The van der Waals surface area contributed by atoms with E-state index in [0.29, 0.717) is 6.04 Å². The normalized spacial score (nSPS) is 17.7. The maximum Gasteiger partial charge on any atom is 0.0406 e. The van der Waals surface area contributed by atoms with E-state index in [9.17, 15) is 0 Å². The smallest absolute Gasteiger partial charge is 0.0406 e. The fourth-order valence-corrected chi connectivity index (χ4v) is 3.64. The van der Waals surface area contributed by atoms with Gasteiger partial charge in [-0.05, 0) is 57.0 Å². The number of hydrogen-bond donors (Lipinski definition) is 1. The van der Waals surface area contributed by atoms with Crippen LogP contribution in [0.4, 0.5) is 0 Å². The minimum absolute atomic E-state index is 0.499. The molecular weight excluding hydrogens is 274 g/mol. The molecule has 3 heteroatoms. The number of benzene rings is 1. The van der Waals surface area contributed by atoms with Gasteiger partial charge in [0.1, 0.15) is 0 Å². The highest BCUT2D eigenvalue weighted by molar-refractivity contribution is 7.99. The highest BCUT2D eigenvalue weighted by atomic mass is 35.5. The first-order valence-corrected chi connectivity index (χ1v) is 8.40. The summed E-state index contributed by atoms with van der Waals surface area (Å²) in [7, 11) is 2.07. The molecule has 104 valence electrons. The van der Waals surface area contributed by atoms with Gasteiger partial charge in [0.25, 0.3) is 0 Å². The Labute approximate surface area is 125 Å². The first-order valence-electron chi connectivity index (χ1n) is 7.04. The Bertz CT molecular complexity index is 413. The Morgan fingerprint density at radius 2 is 2.00 bits per heavy atom. The number of nitrogens with one attached hydrogen (secondary N) is 1. The largest absolute Gasteiger partial charge is 0.313 e. The van der Waals surface area contributed by atoms with Crippen LogP contribution in [0, 0.1) is 0 Å². The summed E-state index contributed by atoms with van der Waals surface area (Å²) < 4.78 is 0. The van der Waals surface area contributed by atoms with Crippen molar-refractivity contribution in [2.45, 2.75) is 43.0 Å². The topological polar surface area (TPSA) is 12.0 Å². The summed E-state index contributed by atoms with van der Waals surface area (Å²) in [5.74, 6) is 1.09. The number of halogens is 1. The summed E-state index contributed by atoms with van der Waals surface area (Å²) in [5, 5.41) is 4.27. The first-order chi connectivity index (χ1) is 9.29. The molecule has 1 aromatic carbocycles. The molecule has 0 aromatic heterocycles. The van der Waals surface area contributed by atoms with Crippen molar-refractivity contribution < 1.29 is 0 Å². The van der Waals surface area contributed by atoms with Crippen molar-refractivity contribution in [3.63, 3.8) is 0 Å². The third-order valence-electron chi connectivity index (χ3n) is 3.60. The van der Waals surface area contributed by atoms with E-state index >= 15 is 0 Å². The van der Waals surface area contributed by atoms with Crippen molar-refractivity contribution in [3.8, 4) is 0 Å². The van der Waals surface area contributed by atoms with Gasteiger partial charge in [0, 0.05) is 21.7 Å². The molecular formula is C16H22ClNS. The summed E-state index contributed by atoms with van der Waals surface area (Å²) in [6.45, 7) is 0. The second-order valence-corrected chi connectivity index (χ2v) is 6.51. The summed E-state index contributed by atoms with van der Waals surface area (Å²) in [4.78, 5) is 1.29. The van der Waals surface area contributed by atoms with E-state index in [1.54, 1.807) is 5.57 Å². The van der Waals surface area contributed by atoms with Crippen molar-refractivity contribution in [2.24, 2.45) is 0 Å². The lowest BCUT2D eigenvalue weighted by atomic mass is 10.0. The molecule has 1 aliphatic rings. The van der Waals surface area contributed by atoms with Crippen LogP contribution in [0.3, 0.4) is 0 Å². The van der Waals surface area contributed by atoms with E-state index in [1.807, 2.05) is 23.9 Å². The van der Waals surface area contributed by atoms with Gasteiger partial charge in [0.05, 0.1) is 0 Å². The predicted octanol–water partition coefficient (Wildman–Crippen LogP) is 4.91. The minimum atomic E-state index is 0.499. The summed E-state index contributed by atoms with van der Waals surface area (Å²) in [6, 6.07) is 8.62. The van der Waals surface area contributed by atoms with E-state index in [-0.39, 0.29) is 0 Å². The van der Waals surface area contributed by atoms with E-state index in [0.717, 1.165) is 10.8 Å². The van der Waals surface area contributed by atoms with Crippen molar-refractivity contribution >= 4 is 23.4 Å². The first kappa shape index (κ1) is 15.0. The molecule has 0 fully saturated rings. The van der Waals surface area contributed by atoms with Gasteiger partial charge in [-0.1, -0.05) is 29.7 Å². The van der Waals surface area contributed by atoms with Gasteiger partial charge >= 0.3 is 0 Å². The van der Waals surface area contributed by atoms with Crippen LogP contribution in [-0.4, -0.2) is 18.8 Å². The number of likely N-dealkylation sites (N-methyl/N-ethyl adjacent to an activating group) is 1. The molecule has 1 N–H and O–H groups in total. The second-order valence-electron chi connectivity index (χ2n) is 4.98. The van der Waals surface area contributed by atoms with Gasteiger partial charge in [0.2, 0.25) is 0 Å². The predicted molar refractivity (Wildman–Crippen MR) is 86.2 cm³/mol. The molecule has 0 spiro atoms.